The van der Waals surface area contributed by atoms with Crippen LogP contribution in [0.5, 0.6) is 0 Å². The molecule has 7 N–H and O–H groups in total. The van der Waals surface area contributed by atoms with E-state index in [1.54, 1.807) is 33.7 Å². The van der Waals surface area contributed by atoms with Gasteiger partial charge in [-0.15, -0.1) is 45.3 Å². The third-order valence-electron chi connectivity index (χ3n) is 10.8. The minimum absolute atomic E-state index is 0.0340. The molecular formula is C47H54N10O8S4. The molecule has 0 saturated carbocycles. The summed E-state index contributed by atoms with van der Waals surface area (Å²) < 4.78 is 15.0. The third-order valence-corrected chi connectivity index (χ3v) is 14.1. The van der Waals surface area contributed by atoms with Crippen molar-refractivity contribution in [3.63, 3.8) is 0 Å². The summed E-state index contributed by atoms with van der Waals surface area (Å²) in [4.78, 5) is 75.8. The zero-order chi connectivity index (χ0) is 49.1. The molecular weight excluding hydrogens is 961 g/mol. The molecule has 0 aliphatic carbocycles. The summed E-state index contributed by atoms with van der Waals surface area (Å²) in [6.45, 7) is 8.70. The number of hydrogen-bond donors (Lipinski definition) is 6. The number of amides is 3. The number of alkyl carbamates (subject to hydrolysis) is 1. The molecule has 8 rings (SSSR count). The molecule has 0 unspecified atom stereocenters. The smallest absolute Gasteiger partial charge is 0.407 e. The van der Waals surface area contributed by atoms with E-state index < -0.39 is 23.6 Å². The number of ether oxygens (including phenoxy) is 3. The number of esters is 2. The Balaban J connectivity index is 0.000000208. The molecule has 22 heteroatoms. The standard InChI is InChI=1S/C26H31N5O5S2.C21H23N5O3S2/c1-26(2,3)36-25(34)27-16-9-12-31(13-10-16)20-8-6-5-7-17(20)28-22(32)19-15-38-24(30-19)29-18-11-14-37-21(18)23(33)35-4;1-29-20(28)18-15(8-11-30-18)24-21-25-16(12-31-21)19(27)23-14-4-2-3-5-17(14)26-9-6-13(22)7-10-26/h5-8,11,14-16H,9-10,12-13H2,1-4H3,(H,27,34)(H,28,32)(H,29,30);2-5,8,11-13H,6-7,9-10,22H2,1H3,(H,23,27)(H,24,25). The lowest BCUT2D eigenvalue weighted by atomic mass is 10.0. The van der Waals surface area contributed by atoms with Crippen LogP contribution in [0.2, 0.25) is 0 Å². The van der Waals surface area contributed by atoms with Gasteiger partial charge in [0.1, 0.15) is 26.7 Å². The van der Waals surface area contributed by atoms with Crippen LogP contribution >= 0.6 is 45.3 Å². The van der Waals surface area contributed by atoms with Crippen molar-refractivity contribution in [2.45, 2.75) is 64.1 Å². The van der Waals surface area contributed by atoms with E-state index in [9.17, 15) is 24.0 Å². The summed E-state index contributed by atoms with van der Waals surface area (Å²) in [5.41, 5.74) is 10.6. The summed E-state index contributed by atoms with van der Waals surface area (Å²) in [5, 5.41) is 23.0. The molecule has 2 aromatic carbocycles. The Morgan fingerprint density at radius 2 is 1.06 bits per heavy atom. The van der Waals surface area contributed by atoms with E-state index in [0.29, 0.717) is 42.8 Å². The second-order valence-corrected chi connectivity index (χ2v) is 20.4. The molecule has 2 fully saturated rings. The Kier molecular flexibility index (Phi) is 16.9. The van der Waals surface area contributed by atoms with Gasteiger partial charge in [0.05, 0.1) is 48.3 Å². The predicted octanol–water partition coefficient (Wildman–Crippen LogP) is 9.40. The van der Waals surface area contributed by atoms with Gasteiger partial charge in [-0.1, -0.05) is 24.3 Å². The SMILES string of the molecule is COC(=O)c1sccc1Nc1nc(C(=O)Nc2ccccc2N2CCC(N)CC2)cs1.COC(=O)c1sccc1Nc1nc(C(=O)Nc2ccccc2N2CCC(NC(=O)OC(C)(C)C)CC2)cs1. The zero-order valence-electron chi connectivity index (χ0n) is 38.7. The number of nitrogens with zero attached hydrogens (tertiary/aromatic N) is 4. The molecule has 2 saturated heterocycles. The number of methoxy groups -OCH3 is 2. The summed E-state index contributed by atoms with van der Waals surface area (Å²) in [6, 6.07) is 19.2. The van der Waals surface area contributed by atoms with Gasteiger partial charge in [0.2, 0.25) is 0 Å². The fraction of sp³-hybridized carbons (Fsp3) is 0.340. The monoisotopic (exact) mass is 1010 g/mol. The number of aromatic nitrogens is 2. The Hall–Kier alpha value is -6.59. The van der Waals surface area contributed by atoms with E-state index in [-0.39, 0.29) is 29.6 Å². The van der Waals surface area contributed by atoms with E-state index in [4.69, 9.17) is 19.9 Å². The van der Waals surface area contributed by atoms with Gasteiger partial charge in [-0.3, -0.25) is 9.59 Å². The average molecular weight is 1020 g/mol. The number of nitrogens with two attached hydrogens (primary N) is 1. The van der Waals surface area contributed by atoms with Crippen molar-refractivity contribution >= 4 is 120 Å². The van der Waals surface area contributed by atoms with Crippen molar-refractivity contribution < 1.29 is 38.2 Å². The van der Waals surface area contributed by atoms with Gasteiger partial charge in [0.25, 0.3) is 11.8 Å². The molecule has 364 valence electrons. The lowest BCUT2D eigenvalue weighted by molar-refractivity contribution is 0.0495. The predicted molar refractivity (Wildman–Crippen MR) is 275 cm³/mol. The normalized spacial score (nSPS) is 14.2. The largest absolute Gasteiger partial charge is 0.465 e. The molecule has 2 aliphatic heterocycles. The Morgan fingerprint density at radius 1 is 0.623 bits per heavy atom. The maximum atomic E-state index is 13.0. The first-order valence-electron chi connectivity index (χ1n) is 22.0. The number of thiazole rings is 2. The first-order valence-corrected chi connectivity index (χ1v) is 25.5. The zero-order valence-corrected chi connectivity index (χ0v) is 41.9. The summed E-state index contributed by atoms with van der Waals surface area (Å²) in [7, 11) is 2.67. The Bertz CT molecular complexity index is 2730. The quantitative estimate of drug-likeness (QED) is 0.0467. The van der Waals surface area contributed by atoms with Crippen LogP contribution in [-0.4, -0.2) is 97.9 Å². The van der Waals surface area contributed by atoms with Gasteiger partial charge >= 0.3 is 18.0 Å². The maximum absolute atomic E-state index is 13.0. The van der Waals surface area contributed by atoms with Gasteiger partial charge in [0.15, 0.2) is 10.3 Å². The minimum Gasteiger partial charge on any atom is -0.465 e. The van der Waals surface area contributed by atoms with Crippen molar-refractivity contribution in [1.82, 2.24) is 15.3 Å². The van der Waals surface area contributed by atoms with Gasteiger partial charge in [-0.05, 0) is 93.6 Å². The van der Waals surface area contributed by atoms with E-state index >= 15 is 0 Å². The van der Waals surface area contributed by atoms with Crippen LogP contribution in [0.25, 0.3) is 0 Å². The van der Waals surface area contributed by atoms with Crippen LogP contribution in [0.3, 0.4) is 0 Å². The molecule has 6 heterocycles. The summed E-state index contributed by atoms with van der Waals surface area (Å²) >= 11 is 5.11. The van der Waals surface area contributed by atoms with Crippen LogP contribution in [0.4, 0.5) is 49.2 Å². The first kappa shape index (κ1) is 50.3. The number of para-hydroxylation sites is 4. The fourth-order valence-electron chi connectivity index (χ4n) is 7.38. The minimum atomic E-state index is -0.536. The molecule has 0 radical (unpaired) electrons. The molecule has 18 nitrogen and oxygen atoms in total. The van der Waals surface area contributed by atoms with Gasteiger partial charge in [-0.2, -0.15) is 0 Å². The van der Waals surface area contributed by atoms with Crippen LogP contribution in [0.1, 0.15) is 86.8 Å². The molecule has 6 aromatic rings. The number of piperidine rings is 2. The number of carbonyl (C=O) groups is 5. The fourth-order valence-corrected chi connectivity index (χ4v) is 10.3. The molecule has 2 aliphatic rings. The second kappa shape index (κ2) is 23.1. The van der Waals surface area contributed by atoms with Gasteiger partial charge < -0.3 is 56.3 Å². The molecule has 0 bridgehead atoms. The molecule has 69 heavy (non-hydrogen) atoms. The highest BCUT2D eigenvalue weighted by atomic mass is 32.1. The van der Waals surface area contributed by atoms with Crippen LogP contribution in [-0.2, 0) is 14.2 Å². The molecule has 0 atom stereocenters. The maximum Gasteiger partial charge on any atom is 0.407 e. The highest BCUT2D eigenvalue weighted by molar-refractivity contribution is 7.15. The number of nitrogens with one attached hydrogen (secondary N) is 5. The highest BCUT2D eigenvalue weighted by Gasteiger charge is 2.26. The number of rotatable bonds is 13. The number of carbonyl (C=O) groups excluding carboxylic acids is 5. The van der Waals surface area contributed by atoms with Crippen molar-refractivity contribution in [3.8, 4) is 0 Å². The van der Waals surface area contributed by atoms with Gasteiger partial charge in [0, 0.05) is 49.0 Å². The van der Waals surface area contributed by atoms with Gasteiger partial charge in [-0.25, -0.2) is 24.4 Å². The van der Waals surface area contributed by atoms with E-state index in [1.807, 2.05) is 69.3 Å². The number of anilines is 8. The van der Waals surface area contributed by atoms with Crippen molar-refractivity contribution in [2.75, 3.05) is 71.5 Å². The first-order chi connectivity index (χ1) is 33.2. The number of thiophene rings is 2. The highest BCUT2D eigenvalue weighted by Crippen LogP contribution is 2.33. The Labute approximate surface area is 415 Å². The van der Waals surface area contributed by atoms with E-state index in [1.165, 1.54) is 59.6 Å². The van der Waals surface area contributed by atoms with Crippen molar-refractivity contribution in [1.29, 1.82) is 0 Å². The second-order valence-electron chi connectivity index (χ2n) is 16.8. The topological polar surface area (TPSA) is 231 Å². The molecule has 4 aromatic heterocycles. The average Bonchev–Trinajstić information content (AvgIpc) is 4.19. The van der Waals surface area contributed by atoms with E-state index in [2.05, 4.69) is 46.4 Å². The summed E-state index contributed by atoms with van der Waals surface area (Å²) in [5.74, 6) is -1.47. The van der Waals surface area contributed by atoms with E-state index in [0.717, 1.165) is 68.9 Å². The van der Waals surface area contributed by atoms with Crippen molar-refractivity contribution in [3.05, 3.63) is 103 Å². The van der Waals surface area contributed by atoms with Crippen LogP contribution in [0.15, 0.2) is 82.2 Å². The number of benzene rings is 2. The number of hydrogen-bond acceptors (Lipinski definition) is 19. The summed E-state index contributed by atoms with van der Waals surface area (Å²) in [6.07, 6.45) is 2.98. The molecule has 3 amide bonds. The van der Waals surface area contributed by atoms with Crippen LogP contribution in [0, 0.1) is 0 Å². The lowest BCUT2D eigenvalue weighted by Crippen LogP contribution is -2.46. The molecule has 0 spiro atoms. The van der Waals surface area contributed by atoms with Crippen LogP contribution < -0.4 is 42.1 Å². The third kappa shape index (κ3) is 13.6. The van der Waals surface area contributed by atoms with Crippen molar-refractivity contribution in [2.24, 2.45) is 5.73 Å². The lowest BCUT2D eigenvalue weighted by Gasteiger charge is -2.35. The Morgan fingerprint density at radius 3 is 1.49 bits per heavy atom.